The van der Waals surface area contributed by atoms with E-state index >= 15 is 0 Å². The summed E-state index contributed by atoms with van der Waals surface area (Å²) in [4.78, 5) is 10.9. The molecule has 0 bridgehead atoms. The zero-order chi connectivity index (χ0) is 8.85. The lowest BCUT2D eigenvalue weighted by Crippen LogP contribution is -2.29. The van der Waals surface area contributed by atoms with Gasteiger partial charge in [0.25, 0.3) is 0 Å². The Kier molecular flexibility index (Phi) is 4.86. The van der Waals surface area contributed by atoms with E-state index in [4.69, 9.17) is 10.5 Å². The van der Waals surface area contributed by atoms with Gasteiger partial charge >= 0.3 is 5.97 Å². The van der Waals surface area contributed by atoms with E-state index in [1.807, 2.05) is 13.8 Å². The van der Waals surface area contributed by atoms with Gasteiger partial charge in [-0.25, -0.2) is 0 Å². The molecule has 0 aliphatic carbocycles. The van der Waals surface area contributed by atoms with Crippen molar-refractivity contribution in [2.75, 3.05) is 6.61 Å². The Morgan fingerprint density at radius 2 is 2.09 bits per heavy atom. The number of nitrogens with two attached hydrogens (primary N) is 1. The van der Waals surface area contributed by atoms with Crippen molar-refractivity contribution in [1.82, 2.24) is 0 Å². The molecule has 0 unspecified atom stereocenters. The summed E-state index contributed by atoms with van der Waals surface area (Å²) in [5.41, 5.74) is 5.65. The number of carbonyl (C=O) groups excluding carboxylic acids is 1. The molecule has 0 aromatic carbocycles. The van der Waals surface area contributed by atoms with E-state index in [1.165, 1.54) is 0 Å². The molecule has 0 aliphatic rings. The van der Waals surface area contributed by atoms with Gasteiger partial charge in [-0.2, -0.15) is 0 Å². The molecule has 2 N–H and O–H groups in total. The molecule has 0 aromatic rings. The Bertz CT molecular complexity index is 123. The first-order valence-corrected chi connectivity index (χ1v) is 3.99. The molecule has 1 atom stereocenters. The van der Waals surface area contributed by atoms with Crippen molar-refractivity contribution in [1.29, 1.82) is 0 Å². The second kappa shape index (κ2) is 5.13. The van der Waals surface area contributed by atoms with Crippen LogP contribution in [0.4, 0.5) is 0 Å². The molecule has 66 valence electrons. The minimum Gasteiger partial charge on any atom is -0.466 e. The number of hydrogen-bond acceptors (Lipinski definition) is 3. The summed E-state index contributed by atoms with van der Waals surface area (Å²) < 4.78 is 4.74. The highest BCUT2D eigenvalue weighted by Gasteiger charge is 2.12. The van der Waals surface area contributed by atoms with Crippen LogP contribution in [0.5, 0.6) is 0 Å². The van der Waals surface area contributed by atoms with Crippen LogP contribution in [0.25, 0.3) is 0 Å². The van der Waals surface area contributed by atoms with Gasteiger partial charge in [0, 0.05) is 6.04 Å². The summed E-state index contributed by atoms with van der Waals surface area (Å²) in [6, 6.07) is -0.0750. The lowest BCUT2D eigenvalue weighted by Gasteiger charge is -2.13. The fourth-order valence-electron chi connectivity index (χ4n) is 0.648. The Balaban J connectivity index is 3.57. The summed E-state index contributed by atoms with van der Waals surface area (Å²) in [6.07, 6.45) is 0.325. The minimum absolute atomic E-state index is 0.0750. The van der Waals surface area contributed by atoms with Gasteiger partial charge < -0.3 is 10.5 Å². The van der Waals surface area contributed by atoms with Crippen LogP contribution in [0.1, 0.15) is 27.2 Å². The molecule has 0 saturated heterocycles. The van der Waals surface area contributed by atoms with Crippen LogP contribution in [-0.4, -0.2) is 18.6 Å². The van der Waals surface area contributed by atoms with Crippen molar-refractivity contribution in [2.24, 2.45) is 11.7 Å². The smallest absolute Gasteiger partial charge is 0.307 e. The first-order chi connectivity index (χ1) is 5.07. The maximum absolute atomic E-state index is 10.9. The molecular weight excluding hydrogens is 142 g/mol. The molecule has 0 spiro atoms. The van der Waals surface area contributed by atoms with Crippen LogP contribution in [0, 0.1) is 5.92 Å². The van der Waals surface area contributed by atoms with E-state index in [0.717, 1.165) is 0 Å². The third-order valence-corrected chi connectivity index (χ3v) is 1.56. The number of carbonyl (C=O) groups is 1. The summed E-state index contributed by atoms with van der Waals surface area (Å²) in [7, 11) is 0. The van der Waals surface area contributed by atoms with Crippen molar-refractivity contribution >= 4 is 5.97 Å². The van der Waals surface area contributed by atoms with Crippen LogP contribution >= 0.6 is 0 Å². The van der Waals surface area contributed by atoms with Gasteiger partial charge in [-0.15, -0.1) is 0 Å². The molecule has 0 amide bonds. The number of esters is 1. The number of rotatable bonds is 4. The molecule has 0 radical (unpaired) electrons. The van der Waals surface area contributed by atoms with Gasteiger partial charge in [0.05, 0.1) is 13.0 Å². The molecule has 11 heavy (non-hydrogen) atoms. The normalized spacial score (nSPS) is 13.2. The van der Waals surface area contributed by atoms with Gasteiger partial charge in [-0.1, -0.05) is 13.8 Å². The average molecular weight is 159 g/mol. The molecule has 0 aromatic heterocycles. The van der Waals surface area contributed by atoms with E-state index in [9.17, 15) is 4.79 Å². The monoisotopic (exact) mass is 159 g/mol. The Morgan fingerprint density at radius 1 is 1.55 bits per heavy atom. The molecule has 0 rings (SSSR count). The van der Waals surface area contributed by atoms with Crippen molar-refractivity contribution in [2.45, 2.75) is 33.2 Å². The first-order valence-electron chi connectivity index (χ1n) is 3.99. The van der Waals surface area contributed by atoms with Crippen LogP contribution in [0.2, 0.25) is 0 Å². The summed E-state index contributed by atoms with van der Waals surface area (Å²) >= 11 is 0. The molecule has 0 saturated carbocycles. The maximum Gasteiger partial charge on any atom is 0.307 e. The van der Waals surface area contributed by atoms with Crippen LogP contribution in [0.3, 0.4) is 0 Å². The zero-order valence-corrected chi connectivity index (χ0v) is 7.46. The molecular formula is C8H17NO2. The van der Waals surface area contributed by atoms with E-state index in [1.54, 1.807) is 6.92 Å². The quantitative estimate of drug-likeness (QED) is 0.621. The lowest BCUT2D eigenvalue weighted by molar-refractivity contribution is -0.143. The van der Waals surface area contributed by atoms with Crippen LogP contribution in [0.15, 0.2) is 0 Å². The fraction of sp³-hybridized carbons (Fsp3) is 0.875. The second-order valence-electron chi connectivity index (χ2n) is 2.92. The van der Waals surface area contributed by atoms with Crippen molar-refractivity contribution < 1.29 is 9.53 Å². The summed E-state index contributed by atoms with van der Waals surface area (Å²) in [6.45, 7) is 6.20. The van der Waals surface area contributed by atoms with E-state index < -0.39 is 0 Å². The highest BCUT2D eigenvalue weighted by atomic mass is 16.5. The van der Waals surface area contributed by atoms with E-state index in [2.05, 4.69) is 0 Å². The lowest BCUT2D eigenvalue weighted by atomic mass is 10.0. The van der Waals surface area contributed by atoms with Crippen LogP contribution < -0.4 is 5.73 Å². The van der Waals surface area contributed by atoms with Gasteiger partial charge in [0.15, 0.2) is 0 Å². The molecule has 0 fully saturated rings. The average Bonchev–Trinajstić information content (AvgIpc) is 1.87. The zero-order valence-electron chi connectivity index (χ0n) is 7.46. The van der Waals surface area contributed by atoms with E-state index in [0.29, 0.717) is 18.9 Å². The molecule has 0 aliphatic heterocycles. The summed E-state index contributed by atoms with van der Waals surface area (Å²) in [5, 5.41) is 0. The summed E-state index contributed by atoms with van der Waals surface area (Å²) in [5.74, 6) is 0.133. The fourth-order valence-corrected chi connectivity index (χ4v) is 0.648. The first kappa shape index (κ1) is 10.4. The Labute approximate surface area is 67.9 Å². The topological polar surface area (TPSA) is 52.3 Å². The largest absolute Gasteiger partial charge is 0.466 e. The van der Waals surface area contributed by atoms with Crippen molar-refractivity contribution in [3.8, 4) is 0 Å². The van der Waals surface area contributed by atoms with Crippen LogP contribution in [-0.2, 0) is 9.53 Å². The van der Waals surface area contributed by atoms with Crippen molar-refractivity contribution in [3.63, 3.8) is 0 Å². The maximum atomic E-state index is 10.9. The van der Waals surface area contributed by atoms with Crippen molar-refractivity contribution in [3.05, 3.63) is 0 Å². The molecule has 0 heterocycles. The third kappa shape index (κ3) is 4.79. The molecule has 3 heteroatoms. The highest BCUT2D eigenvalue weighted by Crippen LogP contribution is 2.03. The number of hydrogen-bond donors (Lipinski definition) is 1. The van der Waals surface area contributed by atoms with Gasteiger partial charge in [0.1, 0.15) is 0 Å². The van der Waals surface area contributed by atoms with Gasteiger partial charge in [-0.3, -0.25) is 4.79 Å². The van der Waals surface area contributed by atoms with Gasteiger partial charge in [0.2, 0.25) is 0 Å². The minimum atomic E-state index is -0.200. The van der Waals surface area contributed by atoms with E-state index in [-0.39, 0.29) is 12.0 Å². The number of ether oxygens (including phenoxy) is 1. The predicted octanol–water partition coefficient (Wildman–Crippen LogP) is 0.923. The molecule has 3 nitrogen and oxygen atoms in total. The Morgan fingerprint density at radius 3 is 2.45 bits per heavy atom. The SMILES string of the molecule is CCOC(=O)C[C@@H](N)C(C)C. The standard InChI is InChI=1S/C8H17NO2/c1-4-11-8(10)5-7(9)6(2)3/h6-7H,4-5,9H2,1-3H3/t7-/m1/s1. The highest BCUT2D eigenvalue weighted by molar-refractivity contribution is 5.70. The third-order valence-electron chi connectivity index (χ3n) is 1.56. The Hall–Kier alpha value is -0.570. The second-order valence-corrected chi connectivity index (χ2v) is 2.92. The predicted molar refractivity (Wildman–Crippen MR) is 44.1 cm³/mol. The van der Waals surface area contributed by atoms with Gasteiger partial charge in [-0.05, 0) is 12.8 Å².